The topological polar surface area (TPSA) is 67.1 Å². The summed E-state index contributed by atoms with van der Waals surface area (Å²) in [4.78, 5) is 19.1. The highest BCUT2D eigenvalue weighted by molar-refractivity contribution is 6.30. The molecule has 2 aromatic rings. The summed E-state index contributed by atoms with van der Waals surface area (Å²) in [7, 11) is 0. The van der Waals surface area contributed by atoms with Crippen molar-refractivity contribution in [2.45, 2.75) is 13.0 Å². The second-order valence-corrected chi connectivity index (χ2v) is 7.33. The number of rotatable bonds is 3. The minimum atomic E-state index is -0.169. The first-order valence-corrected chi connectivity index (χ1v) is 8.56. The lowest BCUT2D eigenvalue weighted by atomic mass is 9.76. The van der Waals surface area contributed by atoms with Crippen LogP contribution in [0.1, 0.15) is 12.1 Å². The molecule has 0 aromatic carbocycles. The molecule has 0 amide bonds. The van der Waals surface area contributed by atoms with E-state index in [1.807, 2.05) is 0 Å². The van der Waals surface area contributed by atoms with Gasteiger partial charge in [-0.05, 0) is 24.5 Å². The van der Waals surface area contributed by atoms with Gasteiger partial charge < -0.3 is 9.84 Å². The normalized spacial score (nSPS) is 27.5. The van der Waals surface area contributed by atoms with E-state index < -0.39 is 0 Å². The van der Waals surface area contributed by atoms with Crippen LogP contribution in [0.3, 0.4) is 0 Å². The lowest BCUT2D eigenvalue weighted by molar-refractivity contribution is -0.0561. The summed E-state index contributed by atoms with van der Waals surface area (Å²) < 4.78 is 7.05. The van der Waals surface area contributed by atoms with E-state index in [1.165, 1.54) is 4.40 Å². The Hall–Kier alpha value is -1.47. The van der Waals surface area contributed by atoms with Crippen molar-refractivity contribution < 1.29 is 9.84 Å². The van der Waals surface area contributed by atoms with Crippen molar-refractivity contribution in [1.29, 1.82) is 0 Å². The van der Waals surface area contributed by atoms with Crippen molar-refractivity contribution in [3.63, 3.8) is 0 Å². The summed E-state index contributed by atoms with van der Waals surface area (Å²) in [5, 5.41) is 10.4. The summed E-state index contributed by atoms with van der Waals surface area (Å²) >= 11 is 5.94. The second kappa shape index (κ2) is 6.11. The summed E-state index contributed by atoms with van der Waals surface area (Å²) in [6.07, 6.45) is 2.56. The summed E-state index contributed by atoms with van der Waals surface area (Å²) in [5.74, 6) is 0.441. The van der Waals surface area contributed by atoms with Crippen LogP contribution in [-0.2, 0) is 11.3 Å². The molecule has 2 atom stereocenters. The van der Waals surface area contributed by atoms with Gasteiger partial charge in [-0.2, -0.15) is 0 Å². The van der Waals surface area contributed by atoms with Crippen LogP contribution in [0.4, 0.5) is 0 Å². The molecule has 0 unspecified atom stereocenters. The molecular weight excluding hydrogens is 330 g/mol. The number of aromatic nitrogens is 2. The zero-order valence-corrected chi connectivity index (χ0v) is 14.1. The predicted molar refractivity (Wildman–Crippen MR) is 90.2 cm³/mol. The quantitative estimate of drug-likeness (QED) is 0.901. The highest BCUT2D eigenvalue weighted by Gasteiger charge is 2.48. The Morgan fingerprint density at radius 1 is 1.46 bits per heavy atom. The number of hydrogen-bond donors (Lipinski definition) is 1. The number of nitrogens with zero attached hydrogens (tertiary/aromatic N) is 3. The maximum absolute atomic E-state index is 12.3. The van der Waals surface area contributed by atoms with Gasteiger partial charge in [0.1, 0.15) is 5.65 Å². The first kappa shape index (κ1) is 16.0. The second-order valence-electron chi connectivity index (χ2n) is 6.89. The minimum absolute atomic E-state index is 0.130. The largest absolute Gasteiger partial charge is 0.396 e. The first-order chi connectivity index (χ1) is 11.6. The Bertz CT molecular complexity index is 824. The van der Waals surface area contributed by atoms with Crippen molar-refractivity contribution >= 4 is 17.2 Å². The number of fused-ring (bicyclic) bond motifs is 2. The lowest BCUT2D eigenvalue weighted by Crippen LogP contribution is -2.42. The van der Waals surface area contributed by atoms with E-state index in [0.29, 0.717) is 29.7 Å². The molecule has 2 aliphatic rings. The number of hydrogen-bond acceptors (Lipinski definition) is 5. The van der Waals surface area contributed by atoms with Crippen LogP contribution in [0.5, 0.6) is 0 Å². The molecule has 4 heterocycles. The Balaban J connectivity index is 1.59. The van der Waals surface area contributed by atoms with Gasteiger partial charge in [0.05, 0.1) is 23.9 Å². The summed E-state index contributed by atoms with van der Waals surface area (Å²) in [6.45, 7) is 3.79. The number of halogens is 1. The van der Waals surface area contributed by atoms with Crippen LogP contribution >= 0.6 is 11.6 Å². The number of ether oxygens (including phenoxy) is 1. The predicted octanol–water partition coefficient (Wildman–Crippen LogP) is 1.18. The minimum Gasteiger partial charge on any atom is -0.396 e. The van der Waals surface area contributed by atoms with Gasteiger partial charge in [-0.15, -0.1) is 0 Å². The average molecular weight is 350 g/mol. The van der Waals surface area contributed by atoms with E-state index in [1.54, 1.807) is 24.4 Å². The van der Waals surface area contributed by atoms with Gasteiger partial charge in [0.25, 0.3) is 5.56 Å². The van der Waals surface area contributed by atoms with E-state index >= 15 is 0 Å². The van der Waals surface area contributed by atoms with Gasteiger partial charge in [-0.25, -0.2) is 4.98 Å². The fourth-order valence-electron chi connectivity index (χ4n) is 3.99. The molecule has 6 nitrogen and oxygen atoms in total. The molecular formula is C17H20ClN3O3. The molecule has 1 N–H and O–H groups in total. The molecule has 0 bridgehead atoms. The molecule has 128 valence electrons. The molecule has 2 aromatic heterocycles. The van der Waals surface area contributed by atoms with E-state index in [-0.39, 0.29) is 17.6 Å². The smallest absolute Gasteiger partial charge is 0.258 e. The number of pyridine rings is 1. The molecule has 0 radical (unpaired) electrons. The molecule has 7 heteroatoms. The van der Waals surface area contributed by atoms with Crippen LogP contribution in [0.15, 0.2) is 29.2 Å². The highest BCUT2D eigenvalue weighted by Crippen LogP contribution is 2.41. The molecule has 0 saturated carbocycles. The van der Waals surface area contributed by atoms with Crippen molar-refractivity contribution in [2.75, 3.05) is 32.9 Å². The van der Waals surface area contributed by atoms with Crippen molar-refractivity contribution in [3.05, 3.63) is 45.5 Å². The first-order valence-electron chi connectivity index (χ1n) is 8.18. The van der Waals surface area contributed by atoms with Crippen molar-refractivity contribution in [1.82, 2.24) is 14.3 Å². The number of likely N-dealkylation sites (tertiary alicyclic amines) is 1. The van der Waals surface area contributed by atoms with E-state index in [9.17, 15) is 9.90 Å². The van der Waals surface area contributed by atoms with Gasteiger partial charge in [-0.3, -0.25) is 14.1 Å². The van der Waals surface area contributed by atoms with Gasteiger partial charge in [-0.1, -0.05) is 11.6 Å². The fraction of sp³-hybridized carbons (Fsp3) is 0.529. The fourth-order valence-corrected chi connectivity index (χ4v) is 4.15. The number of aliphatic hydroxyl groups is 1. The van der Waals surface area contributed by atoms with E-state index in [0.717, 1.165) is 31.8 Å². The highest BCUT2D eigenvalue weighted by atomic mass is 35.5. The molecule has 0 aliphatic carbocycles. The molecule has 2 aliphatic heterocycles. The van der Waals surface area contributed by atoms with Gasteiger partial charge in [0, 0.05) is 43.9 Å². The van der Waals surface area contributed by atoms with Gasteiger partial charge in [0.2, 0.25) is 0 Å². The molecule has 2 fully saturated rings. The lowest BCUT2D eigenvalue weighted by Gasteiger charge is -2.36. The third-order valence-electron chi connectivity index (χ3n) is 5.26. The standard InChI is InChI=1S/C17H20ClN3O3/c18-13-1-2-15-19-14(5-16(23)21(15)7-13)8-20-6-12-3-4-24-11-17(12,9-20)10-22/h1-2,5,7,12,22H,3-4,6,8-11H2/t12-,17+/m0/s1. The van der Waals surface area contributed by atoms with Crippen LogP contribution < -0.4 is 5.56 Å². The van der Waals surface area contributed by atoms with Crippen molar-refractivity contribution in [3.8, 4) is 0 Å². The van der Waals surface area contributed by atoms with Gasteiger partial charge >= 0.3 is 0 Å². The van der Waals surface area contributed by atoms with Crippen LogP contribution in [-0.4, -0.2) is 52.3 Å². The van der Waals surface area contributed by atoms with Crippen LogP contribution in [0.2, 0.25) is 5.02 Å². The van der Waals surface area contributed by atoms with E-state index in [2.05, 4.69) is 9.88 Å². The molecule has 2 saturated heterocycles. The number of aliphatic hydroxyl groups excluding tert-OH is 1. The van der Waals surface area contributed by atoms with Crippen molar-refractivity contribution in [2.24, 2.45) is 11.3 Å². The monoisotopic (exact) mass is 349 g/mol. The maximum Gasteiger partial charge on any atom is 0.258 e. The zero-order chi connectivity index (χ0) is 16.7. The van der Waals surface area contributed by atoms with Crippen LogP contribution in [0.25, 0.3) is 5.65 Å². The SMILES string of the molecule is O=c1cc(CN2C[C@@H]3CCOC[C@]3(CO)C2)nc2ccc(Cl)cn12. The Morgan fingerprint density at radius 3 is 3.12 bits per heavy atom. The summed E-state index contributed by atoms with van der Waals surface area (Å²) in [6, 6.07) is 5.04. The Kier molecular flexibility index (Phi) is 4.08. The summed E-state index contributed by atoms with van der Waals surface area (Å²) in [5.41, 5.74) is 1.04. The van der Waals surface area contributed by atoms with Gasteiger partial charge in [0.15, 0.2) is 0 Å². The zero-order valence-electron chi connectivity index (χ0n) is 13.3. The third kappa shape index (κ3) is 2.73. The van der Waals surface area contributed by atoms with Crippen LogP contribution in [0, 0.1) is 11.3 Å². The average Bonchev–Trinajstić information content (AvgIpc) is 2.94. The maximum atomic E-state index is 12.3. The third-order valence-corrected chi connectivity index (χ3v) is 5.48. The Labute approximate surface area is 144 Å². The Morgan fingerprint density at radius 2 is 2.33 bits per heavy atom. The molecule has 0 spiro atoms. The molecule has 4 rings (SSSR count). The van der Waals surface area contributed by atoms with E-state index in [4.69, 9.17) is 16.3 Å². The molecule has 24 heavy (non-hydrogen) atoms.